The molecule has 0 spiro atoms. The third-order valence-corrected chi connectivity index (χ3v) is 3.64. The molecule has 0 fully saturated rings. The van der Waals surface area contributed by atoms with Crippen molar-refractivity contribution in [1.82, 2.24) is 4.90 Å². The summed E-state index contributed by atoms with van der Waals surface area (Å²) in [4.78, 5) is 13.5. The maximum atomic E-state index is 11.3. The molecule has 5 nitrogen and oxygen atoms in total. The first-order valence-corrected chi connectivity index (χ1v) is 6.60. The minimum Gasteiger partial charge on any atom is -0.397 e. The van der Waals surface area contributed by atoms with E-state index < -0.39 is 0 Å². The van der Waals surface area contributed by atoms with Crippen LogP contribution in [0.4, 0.5) is 17.1 Å². The van der Waals surface area contributed by atoms with Crippen molar-refractivity contribution in [2.75, 3.05) is 37.0 Å². The van der Waals surface area contributed by atoms with Gasteiger partial charge in [0, 0.05) is 24.7 Å². The summed E-state index contributed by atoms with van der Waals surface area (Å²) in [7, 11) is 4.11. The van der Waals surface area contributed by atoms with Gasteiger partial charge in [0.05, 0.1) is 11.4 Å². The summed E-state index contributed by atoms with van der Waals surface area (Å²) >= 11 is 0. The number of benzene rings is 1. The summed E-state index contributed by atoms with van der Waals surface area (Å²) in [6.45, 7) is 2.99. The number of nitrogens with one attached hydrogen (secondary N) is 2. The van der Waals surface area contributed by atoms with Crippen molar-refractivity contribution >= 4 is 23.0 Å². The Hall–Kier alpha value is -1.75. The van der Waals surface area contributed by atoms with E-state index in [0.29, 0.717) is 18.2 Å². The number of carbonyl (C=O) groups is 1. The maximum absolute atomic E-state index is 11.3. The first-order chi connectivity index (χ1) is 8.97. The van der Waals surface area contributed by atoms with E-state index in [0.717, 1.165) is 29.9 Å². The Labute approximate surface area is 114 Å². The fraction of sp³-hybridized carbons (Fsp3) is 0.500. The highest BCUT2D eigenvalue weighted by molar-refractivity contribution is 5.95. The molecule has 1 atom stereocenters. The average molecular weight is 262 g/mol. The topological polar surface area (TPSA) is 70.4 Å². The summed E-state index contributed by atoms with van der Waals surface area (Å²) in [5.74, 6) is 0.0637. The molecule has 4 N–H and O–H groups in total. The number of fused-ring (bicyclic) bond motifs is 1. The standard InChI is InChI=1S/C14H22N4O/c1-9(18(2)3)8-16-13-6-10-4-5-14(19)17-12(10)7-11(13)15/h6-7,9,16H,4-5,8,15H2,1-3H3,(H,17,19). The summed E-state index contributed by atoms with van der Waals surface area (Å²) in [5, 5.41) is 6.23. The maximum Gasteiger partial charge on any atom is 0.224 e. The Morgan fingerprint density at radius 3 is 2.84 bits per heavy atom. The molecule has 0 bridgehead atoms. The second-order valence-electron chi connectivity index (χ2n) is 5.34. The second kappa shape index (κ2) is 5.48. The average Bonchev–Trinajstić information content (AvgIpc) is 2.35. The zero-order chi connectivity index (χ0) is 14.0. The molecule has 1 aromatic carbocycles. The van der Waals surface area contributed by atoms with Crippen LogP contribution in [-0.4, -0.2) is 37.5 Å². The van der Waals surface area contributed by atoms with Crippen molar-refractivity contribution in [3.8, 4) is 0 Å². The van der Waals surface area contributed by atoms with E-state index in [1.165, 1.54) is 0 Å². The highest BCUT2D eigenvalue weighted by Crippen LogP contribution is 2.30. The SMILES string of the molecule is CC(CNc1cc2c(cc1N)NC(=O)CC2)N(C)C. The Bertz CT molecular complexity index is 485. The normalized spacial score (nSPS) is 15.9. The number of hydrogen-bond donors (Lipinski definition) is 3. The van der Waals surface area contributed by atoms with Gasteiger partial charge < -0.3 is 21.3 Å². The largest absolute Gasteiger partial charge is 0.397 e. The summed E-state index contributed by atoms with van der Waals surface area (Å²) < 4.78 is 0. The lowest BCUT2D eigenvalue weighted by Crippen LogP contribution is -2.31. The third kappa shape index (κ3) is 3.17. The number of hydrogen-bond acceptors (Lipinski definition) is 4. The minimum atomic E-state index is 0.0637. The zero-order valence-electron chi connectivity index (χ0n) is 11.8. The molecule has 0 aliphatic carbocycles. The molecule has 1 unspecified atom stereocenters. The molecule has 19 heavy (non-hydrogen) atoms. The van der Waals surface area contributed by atoms with E-state index in [4.69, 9.17) is 5.73 Å². The highest BCUT2D eigenvalue weighted by atomic mass is 16.1. The van der Waals surface area contributed by atoms with Crippen LogP contribution < -0.4 is 16.4 Å². The van der Waals surface area contributed by atoms with Gasteiger partial charge in [-0.2, -0.15) is 0 Å². The number of nitrogen functional groups attached to an aromatic ring is 1. The van der Waals surface area contributed by atoms with Crippen LogP contribution in [0.3, 0.4) is 0 Å². The molecule has 104 valence electrons. The number of carbonyl (C=O) groups excluding carboxylic acids is 1. The van der Waals surface area contributed by atoms with Crippen molar-refractivity contribution in [1.29, 1.82) is 0 Å². The van der Waals surface area contributed by atoms with Gasteiger partial charge in [-0.3, -0.25) is 4.79 Å². The van der Waals surface area contributed by atoms with Gasteiger partial charge in [-0.05, 0) is 45.1 Å². The van der Waals surface area contributed by atoms with Crippen LogP contribution in [0.2, 0.25) is 0 Å². The predicted molar refractivity (Wildman–Crippen MR) is 79.4 cm³/mol. The molecule has 0 saturated carbocycles. The van der Waals surface area contributed by atoms with Crippen LogP contribution >= 0.6 is 0 Å². The molecule has 2 rings (SSSR count). The number of nitrogens with two attached hydrogens (primary N) is 1. The first-order valence-electron chi connectivity index (χ1n) is 6.60. The van der Waals surface area contributed by atoms with Crippen molar-refractivity contribution in [3.63, 3.8) is 0 Å². The summed E-state index contributed by atoms with van der Waals surface area (Å²) in [6, 6.07) is 4.32. The monoisotopic (exact) mass is 262 g/mol. The van der Waals surface area contributed by atoms with E-state index in [1.807, 2.05) is 12.1 Å². The van der Waals surface area contributed by atoms with Gasteiger partial charge in [0.25, 0.3) is 0 Å². The second-order valence-corrected chi connectivity index (χ2v) is 5.34. The lowest BCUT2D eigenvalue weighted by Gasteiger charge is -2.23. The van der Waals surface area contributed by atoms with Crippen LogP contribution in [0.25, 0.3) is 0 Å². The fourth-order valence-corrected chi connectivity index (χ4v) is 2.04. The molecule has 0 radical (unpaired) electrons. The molecular weight excluding hydrogens is 240 g/mol. The van der Waals surface area contributed by atoms with Crippen LogP contribution in [0.5, 0.6) is 0 Å². The van der Waals surface area contributed by atoms with Gasteiger partial charge in [-0.15, -0.1) is 0 Å². The number of amides is 1. The Morgan fingerprint density at radius 1 is 1.42 bits per heavy atom. The van der Waals surface area contributed by atoms with Gasteiger partial charge in [0.1, 0.15) is 0 Å². The zero-order valence-corrected chi connectivity index (χ0v) is 11.8. The number of rotatable bonds is 4. The van der Waals surface area contributed by atoms with Gasteiger partial charge in [-0.25, -0.2) is 0 Å². The van der Waals surface area contributed by atoms with Crippen LogP contribution in [0.15, 0.2) is 12.1 Å². The number of aryl methyl sites for hydroxylation is 1. The first kappa shape index (κ1) is 13.7. The molecule has 0 aromatic heterocycles. The smallest absolute Gasteiger partial charge is 0.224 e. The fourth-order valence-electron chi connectivity index (χ4n) is 2.04. The molecule has 0 saturated heterocycles. The molecule has 1 aromatic rings. The van der Waals surface area contributed by atoms with Crippen molar-refractivity contribution < 1.29 is 4.79 Å². The van der Waals surface area contributed by atoms with Crippen molar-refractivity contribution in [2.24, 2.45) is 0 Å². The third-order valence-electron chi connectivity index (χ3n) is 3.64. The van der Waals surface area contributed by atoms with Gasteiger partial charge >= 0.3 is 0 Å². The molecule has 1 aliphatic rings. The van der Waals surface area contributed by atoms with E-state index in [2.05, 4.69) is 36.6 Å². The predicted octanol–water partition coefficient (Wildman–Crippen LogP) is 1.52. The molecule has 1 heterocycles. The number of anilines is 3. The van der Waals surface area contributed by atoms with Crippen molar-refractivity contribution in [2.45, 2.75) is 25.8 Å². The Morgan fingerprint density at radius 2 is 2.16 bits per heavy atom. The molecule has 1 amide bonds. The summed E-state index contributed by atoms with van der Waals surface area (Å²) in [6.07, 6.45) is 1.32. The molecule has 5 heteroatoms. The highest BCUT2D eigenvalue weighted by Gasteiger charge is 2.16. The molecule has 1 aliphatic heterocycles. The minimum absolute atomic E-state index is 0.0637. The molecular formula is C14H22N4O. The Balaban J connectivity index is 2.12. The van der Waals surface area contributed by atoms with Crippen molar-refractivity contribution in [3.05, 3.63) is 17.7 Å². The van der Waals surface area contributed by atoms with Gasteiger partial charge in [0.15, 0.2) is 0 Å². The van der Waals surface area contributed by atoms with E-state index >= 15 is 0 Å². The van der Waals surface area contributed by atoms with Gasteiger partial charge in [-0.1, -0.05) is 0 Å². The van der Waals surface area contributed by atoms with Crippen LogP contribution in [-0.2, 0) is 11.2 Å². The van der Waals surface area contributed by atoms with Crippen LogP contribution in [0.1, 0.15) is 18.9 Å². The van der Waals surface area contributed by atoms with Gasteiger partial charge in [0.2, 0.25) is 5.91 Å². The Kier molecular flexibility index (Phi) is 3.95. The number of nitrogens with zero attached hydrogens (tertiary/aromatic N) is 1. The number of likely N-dealkylation sites (N-methyl/N-ethyl adjacent to an activating group) is 1. The summed E-state index contributed by atoms with van der Waals surface area (Å²) in [5.41, 5.74) is 9.64. The lowest BCUT2D eigenvalue weighted by atomic mass is 10.0. The van der Waals surface area contributed by atoms with E-state index in [1.54, 1.807) is 0 Å². The van der Waals surface area contributed by atoms with Crippen LogP contribution in [0, 0.1) is 0 Å². The van der Waals surface area contributed by atoms with E-state index in [-0.39, 0.29) is 5.91 Å². The quantitative estimate of drug-likeness (QED) is 0.719. The van der Waals surface area contributed by atoms with E-state index in [9.17, 15) is 4.79 Å². The lowest BCUT2D eigenvalue weighted by molar-refractivity contribution is -0.116.